The summed E-state index contributed by atoms with van der Waals surface area (Å²) < 4.78 is 0. The maximum atomic E-state index is 12.4. The van der Waals surface area contributed by atoms with Gasteiger partial charge in [-0.05, 0) is 49.6 Å². The molecule has 0 radical (unpaired) electrons. The third-order valence-electron chi connectivity index (χ3n) is 5.08. The van der Waals surface area contributed by atoms with Gasteiger partial charge in [0.2, 0.25) is 5.91 Å². The van der Waals surface area contributed by atoms with Crippen LogP contribution < -0.4 is 10.2 Å². The SMILES string of the molecule is Cc1nc(-c2ccc(CCNC(=O)c3ccc(N4CCCC4=O)cc3)cc2)cs1. The van der Waals surface area contributed by atoms with Crippen LogP contribution in [0.3, 0.4) is 0 Å². The molecule has 0 atom stereocenters. The molecular weight excluding hydrogens is 382 g/mol. The molecule has 4 rings (SSSR count). The number of carbonyl (C=O) groups is 2. The third-order valence-corrected chi connectivity index (χ3v) is 5.86. The van der Waals surface area contributed by atoms with E-state index >= 15 is 0 Å². The first kappa shape index (κ1) is 19.3. The fourth-order valence-corrected chi connectivity index (χ4v) is 4.10. The number of hydrogen-bond donors (Lipinski definition) is 1. The van der Waals surface area contributed by atoms with E-state index in [0.29, 0.717) is 18.5 Å². The van der Waals surface area contributed by atoms with Gasteiger partial charge < -0.3 is 10.2 Å². The maximum absolute atomic E-state index is 12.4. The molecule has 0 spiro atoms. The summed E-state index contributed by atoms with van der Waals surface area (Å²) in [4.78, 5) is 30.5. The summed E-state index contributed by atoms with van der Waals surface area (Å²) in [6.07, 6.45) is 2.26. The number of benzene rings is 2. The van der Waals surface area contributed by atoms with Crippen LogP contribution in [0.4, 0.5) is 5.69 Å². The van der Waals surface area contributed by atoms with E-state index in [1.807, 2.05) is 19.1 Å². The molecule has 1 N–H and O–H groups in total. The Morgan fingerprint density at radius 3 is 2.52 bits per heavy atom. The minimum Gasteiger partial charge on any atom is -0.352 e. The van der Waals surface area contributed by atoms with Crippen LogP contribution in [0.5, 0.6) is 0 Å². The first-order chi connectivity index (χ1) is 14.1. The second-order valence-electron chi connectivity index (χ2n) is 7.15. The molecule has 1 fully saturated rings. The van der Waals surface area contributed by atoms with E-state index in [2.05, 4.69) is 39.9 Å². The molecule has 2 aromatic carbocycles. The number of anilines is 1. The molecule has 0 bridgehead atoms. The van der Waals surface area contributed by atoms with E-state index in [1.165, 1.54) is 5.56 Å². The number of nitrogens with one attached hydrogen (secondary N) is 1. The molecule has 6 heteroatoms. The summed E-state index contributed by atoms with van der Waals surface area (Å²) in [6.45, 7) is 3.33. The summed E-state index contributed by atoms with van der Waals surface area (Å²) in [5, 5.41) is 6.09. The average molecular weight is 406 g/mol. The van der Waals surface area contributed by atoms with Crippen LogP contribution in [0, 0.1) is 6.92 Å². The lowest BCUT2D eigenvalue weighted by Crippen LogP contribution is -2.26. The summed E-state index contributed by atoms with van der Waals surface area (Å²) >= 11 is 1.65. The highest BCUT2D eigenvalue weighted by Gasteiger charge is 2.21. The number of thiazole rings is 1. The number of aromatic nitrogens is 1. The van der Waals surface area contributed by atoms with Gasteiger partial charge in [-0.15, -0.1) is 11.3 Å². The number of aryl methyl sites for hydroxylation is 1. The molecule has 1 aromatic heterocycles. The fraction of sp³-hybridized carbons (Fsp3) is 0.261. The van der Waals surface area contributed by atoms with E-state index in [0.717, 1.165) is 41.3 Å². The topological polar surface area (TPSA) is 62.3 Å². The number of hydrogen-bond acceptors (Lipinski definition) is 4. The van der Waals surface area contributed by atoms with E-state index in [1.54, 1.807) is 28.4 Å². The Hall–Kier alpha value is -2.99. The predicted molar refractivity (Wildman–Crippen MR) is 116 cm³/mol. The average Bonchev–Trinajstić information content (AvgIpc) is 3.37. The Morgan fingerprint density at radius 2 is 1.90 bits per heavy atom. The Kier molecular flexibility index (Phi) is 5.71. The van der Waals surface area contributed by atoms with E-state index in [-0.39, 0.29) is 11.8 Å². The zero-order valence-electron chi connectivity index (χ0n) is 16.4. The molecule has 1 saturated heterocycles. The third kappa shape index (κ3) is 4.54. The molecule has 0 saturated carbocycles. The Morgan fingerprint density at radius 1 is 1.14 bits per heavy atom. The van der Waals surface area contributed by atoms with Gasteiger partial charge in [0.15, 0.2) is 0 Å². The molecule has 2 heterocycles. The number of carbonyl (C=O) groups excluding carboxylic acids is 2. The smallest absolute Gasteiger partial charge is 0.251 e. The zero-order chi connectivity index (χ0) is 20.2. The molecule has 5 nitrogen and oxygen atoms in total. The van der Waals surface area contributed by atoms with E-state index < -0.39 is 0 Å². The van der Waals surface area contributed by atoms with Gasteiger partial charge >= 0.3 is 0 Å². The molecule has 0 aliphatic carbocycles. The number of nitrogens with zero attached hydrogens (tertiary/aromatic N) is 2. The Bertz CT molecular complexity index is 1010. The summed E-state index contributed by atoms with van der Waals surface area (Å²) in [6, 6.07) is 15.6. The van der Waals surface area contributed by atoms with Crippen LogP contribution in [0.25, 0.3) is 11.3 Å². The standard InChI is InChI=1S/C23H23N3O2S/c1-16-25-21(15-29-16)18-6-4-17(5-7-18)12-13-24-23(28)19-8-10-20(11-9-19)26-14-2-3-22(26)27/h4-11,15H,2-3,12-14H2,1H3,(H,24,28). The van der Waals surface area contributed by atoms with Crippen LogP contribution in [-0.4, -0.2) is 29.9 Å². The number of amides is 2. The highest BCUT2D eigenvalue weighted by molar-refractivity contribution is 7.09. The van der Waals surface area contributed by atoms with E-state index in [4.69, 9.17) is 0 Å². The van der Waals surface area contributed by atoms with Crippen molar-refractivity contribution >= 4 is 28.8 Å². The fourth-order valence-electron chi connectivity index (χ4n) is 3.47. The minimum atomic E-state index is -0.0983. The molecule has 1 aliphatic rings. The first-order valence-corrected chi connectivity index (χ1v) is 10.7. The van der Waals surface area contributed by atoms with Gasteiger partial charge in [0.05, 0.1) is 10.7 Å². The van der Waals surface area contributed by atoms with Crippen molar-refractivity contribution in [1.82, 2.24) is 10.3 Å². The molecular formula is C23H23N3O2S. The number of rotatable bonds is 6. The predicted octanol–water partition coefficient (Wildman–Crippen LogP) is 4.22. The van der Waals surface area contributed by atoms with Crippen molar-refractivity contribution in [2.75, 3.05) is 18.0 Å². The maximum Gasteiger partial charge on any atom is 0.251 e. The van der Waals surface area contributed by atoms with Crippen molar-refractivity contribution in [3.8, 4) is 11.3 Å². The lowest BCUT2D eigenvalue weighted by atomic mass is 10.1. The van der Waals surface area contributed by atoms with Crippen molar-refractivity contribution in [2.24, 2.45) is 0 Å². The summed E-state index contributed by atoms with van der Waals surface area (Å²) in [5.74, 6) is 0.0528. The largest absolute Gasteiger partial charge is 0.352 e. The van der Waals surface area contributed by atoms with Crippen molar-refractivity contribution in [3.05, 3.63) is 70.0 Å². The van der Waals surface area contributed by atoms with Gasteiger partial charge in [0.1, 0.15) is 0 Å². The quantitative estimate of drug-likeness (QED) is 0.668. The summed E-state index contributed by atoms with van der Waals surface area (Å²) in [5.41, 5.74) is 4.75. The van der Waals surface area contributed by atoms with Crippen LogP contribution in [0.2, 0.25) is 0 Å². The first-order valence-electron chi connectivity index (χ1n) is 9.80. The zero-order valence-corrected chi connectivity index (χ0v) is 17.2. The van der Waals surface area contributed by atoms with Crippen LogP contribution in [-0.2, 0) is 11.2 Å². The molecule has 3 aromatic rings. The lowest BCUT2D eigenvalue weighted by Gasteiger charge is -2.15. The minimum absolute atomic E-state index is 0.0983. The van der Waals surface area contributed by atoms with Crippen molar-refractivity contribution in [3.63, 3.8) is 0 Å². The Labute approximate surface area is 174 Å². The van der Waals surface area contributed by atoms with Gasteiger partial charge in [-0.25, -0.2) is 4.98 Å². The van der Waals surface area contributed by atoms with E-state index in [9.17, 15) is 9.59 Å². The molecule has 1 aliphatic heterocycles. The van der Waals surface area contributed by atoms with Gasteiger partial charge in [-0.2, -0.15) is 0 Å². The monoisotopic (exact) mass is 405 g/mol. The molecule has 148 valence electrons. The summed E-state index contributed by atoms with van der Waals surface area (Å²) in [7, 11) is 0. The Balaban J connectivity index is 1.29. The van der Waals surface area contributed by atoms with Crippen LogP contribution >= 0.6 is 11.3 Å². The molecule has 2 amide bonds. The van der Waals surface area contributed by atoms with Crippen LogP contribution in [0.15, 0.2) is 53.9 Å². The van der Waals surface area contributed by atoms with Crippen molar-refractivity contribution < 1.29 is 9.59 Å². The second kappa shape index (κ2) is 8.57. The van der Waals surface area contributed by atoms with Gasteiger partial charge in [-0.3, -0.25) is 9.59 Å². The van der Waals surface area contributed by atoms with Crippen molar-refractivity contribution in [2.45, 2.75) is 26.2 Å². The second-order valence-corrected chi connectivity index (χ2v) is 8.21. The highest BCUT2D eigenvalue weighted by atomic mass is 32.1. The van der Waals surface area contributed by atoms with Gasteiger partial charge in [-0.1, -0.05) is 24.3 Å². The lowest BCUT2D eigenvalue weighted by molar-refractivity contribution is -0.117. The molecule has 0 unspecified atom stereocenters. The normalized spacial score (nSPS) is 13.7. The van der Waals surface area contributed by atoms with Gasteiger partial charge in [0, 0.05) is 41.7 Å². The highest BCUT2D eigenvalue weighted by Crippen LogP contribution is 2.23. The van der Waals surface area contributed by atoms with Gasteiger partial charge in [0.25, 0.3) is 5.91 Å². The molecule has 29 heavy (non-hydrogen) atoms. The van der Waals surface area contributed by atoms with Crippen LogP contribution in [0.1, 0.15) is 33.8 Å². The van der Waals surface area contributed by atoms with Crippen molar-refractivity contribution in [1.29, 1.82) is 0 Å².